The molecule has 0 fully saturated rings. The molecule has 0 unspecified atom stereocenters. The highest BCUT2D eigenvalue weighted by atomic mass is 79.9. The Kier molecular flexibility index (Phi) is 3.11. The second kappa shape index (κ2) is 4.78. The molecule has 0 N–H and O–H groups in total. The average Bonchev–Trinajstić information content (AvgIpc) is 2.54. The Bertz CT molecular complexity index is 624. The van der Waals surface area contributed by atoms with Crippen molar-refractivity contribution in [1.82, 2.24) is 0 Å². The third-order valence-electron chi connectivity index (χ3n) is 3.08. The Labute approximate surface area is 117 Å². The van der Waals surface area contributed by atoms with Gasteiger partial charge in [-0.1, -0.05) is 22.0 Å². The predicted molar refractivity (Wildman–Crippen MR) is 73.1 cm³/mol. The third kappa shape index (κ3) is 2.16. The Hall–Kier alpha value is -1.68. The lowest BCUT2D eigenvalue weighted by atomic mass is 9.96. The summed E-state index contributed by atoms with van der Waals surface area (Å²) in [6, 6.07) is 8.94. The van der Waals surface area contributed by atoms with E-state index in [1.807, 2.05) is 0 Å². The van der Waals surface area contributed by atoms with Crippen molar-refractivity contribution in [3.05, 3.63) is 69.7 Å². The molecule has 1 aliphatic rings. The Morgan fingerprint density at radius 2 is 1.68 bits per heavy atom. The largest absolute Gasteiger partial charge is 0.488 e. The van der Waals surface area contributed by atoms with E-state index < -0.39 is 0 Å². The molecule has 0 aliphatic carbocycles. The Morgan fingerprint density at radius 1 is 1.00 bits per heavy atom. The van der Waals surface area contributed by atoms with Crippen molar-refractivity contribution < 1.29 is 13.5 Å². The van der Waals surface area contributed by atoms with Crippen LogP contribution in [0.1, 0.15) is 16.7 Å². The van der Waals surface area contributed by atoms with Gasteiger partial charge in [0.1, 0.15) is 24.0 Å². The van der Waals surface area contributed by atoms with Crippen LogP contribution in [0.5, 0.6) is 5.75 Å². The van der Waals surface area contributed by atoms with Crippen LogP contribution in [0.25, 0.3) is 5.57 Å². The zero-order valence-corrected chi connectivity index (χ0v) is 11.4. The fourth-order valence-corrected chi connectivity index (χ4v) is 2.69. The second-order valence-corrected chi connectivity index (χ2v) is 4.71. The highest BCUT2D eigenvalue weighted by Gasteiger charge is 2.19. The summed E-state index contributed by atoms with van der Waals surface area (Å²) >= 11 is 3.32. The number of hydrogen-bond donors (Lipinski definition) is 0. The van der Waals surface area contributed by atoms with Crippen molar-refractivity contribution >= 4 is 21.5 Å². The molecule has 2 aromatic rings. The molecule has 0 aromatic heterocycles. The molecular formula is C15H9BrF2O. The van der Waals surface area contributed by atoms with Gasteiger partial charge in [-0.05, 0) is 40.4 Å². The standard InChI is InChI=1S/C15H9BrF2O/c16-7-14-12-3-1-10(17)5-9(12)8-19-15-6-11(18)2-4-13(14)15/h1-7H,8H2/b14-7+. The molecule has 1 aliphatic heterocycles. The lowest BCUT2D eigenvalue weighted by Crippen LogP contribution is -1.96. The van der Waals surface area contributed by atoms with E-state index in [0.29, 0.717) is 5.75 Å². The SMILES string of the molecule is Fc1ccc2c(c1)COc1cc(F)ccc1/C2=C/Br. The Morgan fingerprint density at radius 3 is 2.42 bits per heavy atom. The van der Waals surface area contributed by atoms with Gasteiger partial charge in [0.15, 0.2) is 0 Å². The summed E-state index contributed by atoms with van der Waals surface area (Å²) in [5.74, 6) is -0.208. The van der Waals surface area contributed by atoms with Gasteiger partial charge in [0.05, 0.1) is 0 Å². The van der Waals surface area contributed by atoms with Crippen LogP contribution in [-0.2, 0) is 6.61 Å². The molecule has 0 saturated heterocycles. The summed E-state index contributed by atoms with van der Waals surface area (Å²) in [7, 11) is 0. The summed E-state index contributed by atoms with van der Waals surface area (Å²) in [6.07, 6.45) is 0. The fourth-order valence-electron chi connectivity index (χ4n) is 2.20. The van der Waals surface area contributed by atoms with E-state index in [-0.39, 0.29) is 18.2 Å². The first-order valence-electron chi connectivity index (χ1n) is 5.71. The van der Waals surface area contributed by atoms with E-state index >= 15 is 0 Å². The number of rotatable bonds is 0. The van der Waals surface area contributed by atoms with E-state index in [4.69, 9.17) is 4.74 Å². The smallest absolute Gasteiger partial charge is 0.130 e. The quantitative estimate of drug-likeness (QED) is 0.686. The van der Waals surface area contributed by atoms with E-state index in [1.54, 1.807) is 17.1 Å². The number of halogens is 3. The predicted octanol–water partition coefficient (Wildman–Crippen LogP) is 4.64. The molecule has 96 valence electrons. The molecular weight excluding hydrogens is 314 g/mol. The van der Waals surface area contributed by atoms with Gasteiger partial charge in [-0.25, -0.2) is 8.78 Å². The van der Waals surface area contributed by atoms with E-state index in [2.05, 4.69) is 15.9 Å². The van der Waals surface area contributed by atoms with Crippen LogP contribution >= 0.6 is 15.9 Å². The first kappa shape index (κ1) is 12.4. The van der Waals surface area contributed by atoms with E-state index in [9.17, 15) is 8.78 Å². The number of ether oxygens (including phenoxy) is 1. The number of benzene rings is 2. The third-order valence-corrected chi connectivity index (χ3v) is 3.54. The molecule has 0 radical (unpaired) electrons. The van der Waals surface area contributed by atoms with Crippen molar-refractivity contribution in [2.24, 2.45) is 0 Å². The minimum atomic E-state index is -0.357. The molecule has 0 spiro atoms. The lowest BCUT2D eigenvalue weighted by molar-refractivity contribution is 0.305. The molecule has 1 heterocycles. The highest BCUT2D eigenvalue weighted by Crippen LogP contribution is 2.37. The molecule has 0 amide bonds. The van der Waals surface area contributed by atoms with Gasteiger partial charge in [-0.3, -0.25) is 0 Å². The minimum Gasteiger partial charge on any atom is -0.488 e. The normalized spacial score (nSPS) is 15.4. The molecule has 0 bridgehead atoms. The highest BCUT2D eigenvalue weighted by molar-refractivity contribution is 9.11. The maximum absolute atomic E-state index is 13.3. The van der Waals surface area contributed by atoms with Gasteiger partial charge in [0.2, 0.25) is 0 Å². The summed E-state index contributed by atoms with van der Waals surface area (Å²) in [6.45, 7) is 0.216. The zero-order valence-electron chi connectivity index (χ0n) is 9.79. The maximum Gasteiger partial charge on any atom is 0.130 e. The van der Waals surface area contributed by atoms with Crippen LogP contribution in [0, 0.1) is 11.6 Å². The summed E-state index contributed by atoms with van der Waals surface area (Å²) in [5, 5.41) is 0. The summed E-state index contributed by atoms with van der Waals surface area (Å²) in [5.41, 5.74) is 3.25. The van der Waals surface area contributed by atoms with Crippen molar-refractivity contribution in [1.29, 1.82) is 0 Å². The molecule has 0 atom stereocenters. The van der Waals surface area contributed by atoms with E-state index in [1.165, 1.54) is 24.3 Å². The lowest BCUT2D eigenvalue weighted by Gasteiger charge is -2.09. The summed E-state index contributed by atoms with van der Waals surface area (Å²) < 4.78 is 32.2. The zero-order chi connectivity index (χ0) is 13.4. The molecule has 4 heteroatoms. The number of fused-ring (bicyclic) bond motifs is 2. The van der Waals surface area contributed by atoms with Crippen molar-refractivity contribution in [2.45, 2.75) is 6.61 Å². The number of hydrogen-bond acceptors (Lipinski definition) is 1. The van der Waals surface area contributed by atoms with Crippen LogP contribution in [0.2, 0.25) is 0 Å². The van der Waals surface area contributed by atoms with Crippen molar-refractivity contribution in [2.75, 3.05) is 0 Å². The molecule has 0 saturated carbocycles. The monoisotopic (exact) mass is 322 g/mol. The maximum atomic E-state index is 13.3. The summed E-state index contributed by atoms with van der Waals surface area (Å²) in [4.78, 5) is 1.75. The molecule has 2 aromatic carbocycles. The van der Waals surface area contributed by atoms with Gasteiger partial charge in [-0.2, -0.15) is 0 Å². The van der Waals surface area contributed by atoms with Gasteiger partial charge < -0.3 is 4.74 Å². The van der Waals surface area contributed by atoms with E-state index in [0.717, 1.165) is 22.3 Å². The van der Waals surface area contributed by atoms with Gasteiger partial charge >= 0.3 is 0 Å². The van der Waals surface area contributed by atoms with Crippen LogP contribution in [0.4, 0.5) is 8.78 Å². The van der Waals surface area contributed by atoms with Gasteiger partial charge in [0, 0.05) is 17.2 Å². The first-order valence-corrected chi connectivity index (χ1v) is 6.62. The average molecular weight is 323 g/mol. The van der Waals surface area contributed by atoms with Gasteiger partial charge in [-0.15, -0.1) is 0 Å². The van der Waals surface area contributed by atoms with Crippen LogP contribution in [0.3, 0.4) is 0 Å². The topological polar surface area (TPSA) is 9.23 Å². The van der Waals surface area contributed by atoms with Crippen LogP contribution in [-0.4, -0.2) is 0 Å². The molecule has 3 rings (SSSR count). The van der Waals surface area contributed by atoms with Gasteiger partial charge in [0.25, 0.3) is 0 Å². The van der Waals surface area contributed by atoms with Crippen LogP contribution < -0.4 is 4.74 Å². The second-order valence-electron chi connectivity index (χ2n) is 4.25. The Balaban J connectivity index is 2.24. The fraction of sp³-hybridized carbons (Fsp3) is 0.0667. The molecule has 19 heavy (non-hydrogen) atoms. The first-order chi connectivity index (χ1) is 9.19. The minimum absolute atomic E-state index is 0.216. The van der Waals surface area contributed by atoms with Crippen LogP contribution in [0.15, 0.2) is 41.4 Å². The van der Waals surface area contributed by atoms with Crippen molar-refractivity contribution in [3.63, 3.8) is 0 Å². The molecule has 1 nitrogen and oxygen atoms in total. The van der Waals surface area contributed by atoms with Crippen molar-refractivity contribution in [3.8, 4) is 5.75 Å².